The van der Waals surface area contributed by atoms with Gasteiger partial charge in [0.15, 0.2) is 11.5 Å². The van der Waals surface area contributed by atoms with Gasteiger partial charge in [0.05, 0.1) is 7.11 Å². The van der Waals surface area contributed by atoms with E-state index in [-0.39, 0.29) is 17.4 Å². The molecule has 2 rings (SSSR count). The van der Waals surface area contributed by atoms with Gasteiger partial charge in [-0.15, -0.1) is 0 Å². The Bertz CT molecular complexity index is 809. The molecular weight excluding hydrogens is 340 g/mol. The lowest BCUT2D eigenvalue weighted by atomic mass is 10.1. The van der Waals surface area contributed by atoms with Crippen molar-refractivity contribution in [2.75, 3.05) is 12.4 Å². The molecule has 1 N–H and O–H groups in total. The maximum Gasteiger partial charge on any atom is 0.387 e. The Kier molecular flexibility index (Phi) is 6.33. The number of hydrogen-bond donors (Lipinski definition) is 1. The highest BCUT2D eigenvalue weighted by molar-refractivity contribution is 6.02. The van der Waals surface area contributed by atoms with Gasteiger partial charge in [0.1, 0.15) is 0 Å². The number of nitrogens with one attached hydrogen (secondary N) is 1. The zero-order chi connectivity index (χ0) is 19.3. The van der Waals surface area contributed by atoms with E-state index in [1.165, 1.54) is 25.3 Å². The number of anilines is 1. The normalized spacial score (nSPS) is 11.0. The van der Waals surface area contributed by atoms with Crippen LogP contribution >= 0.6 is 0 Å². The molecule has 138 valence electrons. The number of benzene rings is 2. The minimum absolute atomic E-state index is 0.0602. The van der Waals surface area contributed by atoms with Crippen molar-refractivity contribution in [3.05, 3.63) is 58.7 Å². The highest BCUT2D eigenvalue weighted by Gasteiger charge is 2.11. The molecule has 26 heavy (non-hydrogen) atoms. The molecule has 4 nitrogen and oxygen atoms in total. The number of amides is 1. The summed E-state index contributed by atoms with van der Waals surface area (Å²) in [7, 11) is 1.36. The van der Waals surface area contributed by atoms with Crippen LogP contribution < -0.4 is 14.8 Å². The van der Waals surface area contributed by atoms with Gasteiger partial charge in [0.2, 0.25) is 5.91 Å². The van der Waals surface area contributed by atoms with Crippen molar-refractivity contribution in [1.82, 2.24) is 0 Å². The van der Waals surface area contributed by atoms with Crippen molar-refractivity contribution in [1.29, 1.82) is 0 Å². The van der Waals surface area contributed by atoms with E-state index in [0.29, 0.717) is 5.56 Å². The molecule has 0 heterocycles. The van der Waals surface area contributed by atoms with Crippen LogP contribution in [0.2, 0.25) is 0 Å². The summed E-state index contributed by atoms with van der Waals surface area (Å²) in [4.78, 5) is 12.2. The van der Waals surface area contributed by atoms with Crippen molar-refractivity contribution < 1.29 is 23.0 Å². The summed E-state index contributed by atoms with van der Waals surface area (Å²) < 4.78 is 34.1. The molecule has 0 atom stereocenters. The average molecular weight is 361 g/mol. The predicted octanol–water partition coefficient (Wildman–Crippen LogP) is 4.87. The SMILES string of the molecule is COc1cc(/C=C/C(=O)Nc2c(C)cc(C)cc2C)ccc1OC(F)F. The van der Waals surface area contributed by atoms with Crippen LogP contribution in [0.15, 0.2) is 36.4 Å². The molecule has 1 amide bonds. The Morgan fingerprint density at radius 3 is 2.31 bits per heavy atom. The molecule has 0 aliphatic heterocycles. The lowest BCUT2D eigenvalue weighted by Crippen LogP contribution is -2.10. The van der Waals surface area contributed by atoms with Gasteiger partial charge in [-0.2, -0.15) is 8.78 Å². The standard InChI is InChI=1S/C20H21F2NO3/c1-12-9-13(2)19(14(3)10-12)23-18(24)8-6-15-5-7-16(26-20(21)22)17(11-15)25-4/h5-11,20H,1-4H3,(H,23,24)/b8-6+. The van der Waals surface area contributed by atoms with Crippen LogP contribution in [0.3, 0.4) is 0 Å². The molecule has 0 saturated carbocycles. The molecule has 6 heteroatoms. The van der Waals surface area contributed by atoms with Gasteiger partial charge in [-0.05, 0) is 55.7 Å². The van der Waals surface area contributed by atoms with Crippen molar-refractivity contribution in [3.8, 4) is 11.5 Å². The number of carbonyl (C=O) groups excluding carboxylic acids is 1. The molecule has 0 fully saturated rings. The van der Waals surface area contributed by atoms with Crippen LogP contribution in [-0.4, -0.2) is 19.6 Å². The summed E-state index contributed by atoms with van der Waals surface area (Å²) >= 11 is 0. The Labute approximate surface area is 151 Å². The number of alkyl halides is 2. The second-order valence-corrected chi connectivity index (χ2v) is 5.89. The van der Waals surface area contributed by atoms with Gasteiger partial charge >= 0.3 is 6.61 Å². The largest absolute Gasteiger partial charge is 0.493 e. The summed E-state index contributed by atoms with van der Waals surface area (Å²) in [6.07, 6.45) is 2.95. The molecule has 0 aliphatic carbocycles. The fourth-order valence-corrected chi connectivity index (χ4v) is 2.70. The number of methoxy groups -OCH3 is 1. The maximum absolute atomic E-state index is 12.3. The van der Waals surface area contributed by atoms with E-state index in [1.807, 2.05) is 32.9 Å². The Morgan fingerprint density at radius 1 is 1.08 bits per heavy atom. The Morgan fingerprint density at radius 2 is 1.73 bits per heavy atom. The molecule has 0 unspecified atom stereocenters. The molecular formula is C20H21F2NO3. The molecule has 2 aromatic carbocycles. The minimum atomic E-state index is -2.93. The van der Waals surface area contributed by atoms with E-state index >= 15 is 0 Å². The zero-order valence-corrected chi connectivity index (χ0v) is 15.1. The number of halogens is 2. The quantitative estimate of drug-likeness (QED) is 0.747. The topological polar surface area (TPSA) is 47.6 Å². The number of carbonyl (C=O) groups is 1. The number of rotatable bonds is 6. The number of hydrogen-bond acceptors (Lipinski definition) is 3. The molecule has 0 aromatic heterocycles. The average Bonchev–Trinajstić information content (AvgIpc) is 2.56. The first-order valence-corrected chi connectivity index (χ1v) is 8.00. The second-order valence-electron chi connectivity index (χ2n) is 5.89. The zero-order valence-electron chi connectivity index (χ0n) is 15.1. The summed E-state index contributed by atoms with van der Waals surface area (Å²) in [6.45, 7) is 2.94. The van der Waals surface area contributed by atoms with Crippen LogP contribution in [0.4, 0.5) is 14.5 Å². The fourth-order valence-electron chi connectivity index (χ4n) is 2.70. The fraction of sp³-hybridized carbons (Fsp3) is 0.250. The van der Waals surface area contributed by atoms with Gasteiger partial charge in [0, 0.05) is 11.8 Å². The summed E-state index contributed by atoms with van der Waals surface area (Å²) in [6, 6.07) is 8.45. The van der Waals surface area contributed by atoms with Crippen LogP contribution in [0.5, 0.6) is 11.5 Å². The molecule has 0 spiro atoms. The first-order valence-electron chi connectivity index (χ1n) is 8.00. The van der Waals surface area contributed by atoms with Gasteiger partial charge < -0.3 is 14.8 Å². The van der Waals surface area contributed by atoms with Gasteiger partial charge in [-0.3, -0.25) is 4.79 Å². The van der Waals surface area contributed by atoms with Crippen LogP contribution in [0, 0.1) is 20.8 Å². The van der Waals surface area contributed by atoms with E-state index in [9.17, 15) is 13.6 Å². The first-order chi connectivity index (χ1) is 12.3. The summed E-state index contributed by atoms with van der Waals surface area (Å²) in [5.41, 5.74) is 4.50. The summed E-state index contributed by atoms with van der Waals surface area (Å²) in [5.74, 6) is -0.181. The monoisotopic (exact) mass is 361 g/mol. The van der Waals surface area contributed by atoms with E-state index in [2.05, 4.69) is 10.1 Å². The Hall–Kier alpha value is -2.89. The van der Waals surface area contributed by atoms with Crippen LogP contribution in [0.1, 0.15) is 22.3 Å². The van der Waals surface area contributed by atoms with Gasteiger partial charge in [0.25, 0.3) is 0 Å². The molecule has 0 bridgehead atoms. The van der Waals surface area contributed by atoms with Crippen molar-refractivity contribution in [2.24, 2.45) is 0 Å². The molecule has 0 radical (unpaired) electrons. The van der Waals surface area contributed by atoms with Crippen molar-refractivity contribution in [3.63, 3.8) is 0 Å². The third-order valence-corrected chi connectivity index (χ3v) is 3.76. The van der Waals surface area contributed by atoms with Crippen molar-refractivity contribution >= 4 is 17.7 Å². The highest BCUT2D eigenvalue weighted by Crippen LogP contribution is 2.30. The smallest absolute Gasteiger partial charge is 0.387 e. The highest BCUT2D eigenvalue weighted by atomic mass is 19.3. The maximum atomic E-state index is 12.3. The van der Waals surface area contributed by atoms with E-state index in [4.69, 9.17) is 4.74 Å². The van der Waals surface area contributed by atoms with E-state index in [1.54, 1.807) is 12.1 Å². The van der Waals surface area contributed by atoms with Crippen LogP contribution in [-0.2, 0) is 4.79 Å². The van der Waals surface area contributed by atoms with Gasteiger partial charge in [-0.25, -0.2) is 0 Å². The van der Waals surface area contributed by atoms with E-state index < -0.39 is 6.61 Å². The number of aryl methyl sites for hydroxylation is 3. The third kappa shape index (κ3) is 5.05. The molecule has 0 saturated heterocycles. The third-order valence-electron chi connectivity index (χ3n) is 3.76. The predicted molar refractivity (Wildman–Crippen MR) is 97.9 cm³/mol. The lowest BCUT2D eigenvalue weighted by Gasteiger charge is -2.11. The lowest BCUT2D eigenvalue weighted by molar-refractivity contribution is -0.111. The second kappa shape index (κ2) is 8.47. The van der Waals surface area contributed by atoms with Gasteiger partial charge in [-0.1, -0.05) is 23.8 Å². The summed E-state index contributed by atoms with van der Waals surface area (Å²) in [5, 5.41) is 2.86. The molecule has 0 aliphatic rings. The first kappa shape index (κ1) is 19.4. The van der Waals surface area contributed by atoms with E-state index in [0.717, 1.165) is 22.4 Å². The van der Waals surface area contributed by atoms with Crippen molar-refractivity contribution in [2.45, 2.75) is 27.4 Å². The Balaban J connectivity index is 2.13. The molecule has 2 aromatic rings. The number of ether oxygens (including phenoxy) is 2. The minimum Gasteiger partial charge on any atom is -0.493 e. The van der Waals surface area contributed by atoms with Crippen LogP contribution in [0.25, 0.3) is 6.08 Å².